The number of unbranched alkanes of at least 4 members (excludes halogenated alkanes) is 2. The molecule has 3 heteroatoms. The molecule has 0 heterocycles. The van der Waals surface area contributed by atoms with Crippen molar-refractivity contribution in [1.82, 2.24) is 0 Å². The molecule has 0 bridgehead atoms. The number of benzene rings is 1. The van der Waals surface area contributed by atoms with Gasteiger partial charge in [0.2, 0.25) is 0 Å². The fraction of sp³-hybridized carbons (Fsp3) is 0.417. The molecule has 0 saturated carbocycles. The second kappa shape index (κ2) is 6.86. The Morgan fingerprint density at radius 1 is 1.33 bits per heavy atom. The number of aliphatic hydroxyl groups excluding tert-OH is 1. The molecular weight excluding hydrogens is 190 g/mol. The second-order valence-corrected chi connectivity index (χ2v) is 3.27. The SMILES string of the molecule is N#CCCCCOc1cccc(CO)c1. The largest absolute Gasteiger partial charge is 0.494 e. The Hall–Kier alpha value is -1.53. The van der Waals surface area contributed by atoms with E-state index in [1.807, 2.05) is 24.3 Å². The molecule has 15 heavy (non-hydrogen) atoms. The third kappa shape index (κ3) is 4.48. The summed E-state index contributed by atoms with van der Waals surface area (Å²) in [6.07, 6.45) is 2.34. The Labute approximate surface area is 89.9 Å². The van der Waals surface area contributed by atoms with Gasteiger partial charge in [-0.05, 0) is 30.5 Å². The molecule has 0 unspecified atom stereocenters. The maximum atomic E-state index is 8.91. The van der Waals surface area contributed by atoms with Gasteiger partial charge in [0.15, 0.2) is 0 Å². The van der Waals surface area contributed by atoms with E-state index in [0.717, 1.165) is 24.2 Å². The topological polar surface area (TPSA) is 53.2 Å². The zero-order chi connectivity index (χ0) is 10.9. The number of aliphatic hydroxyl groups is 1. The Balaban J connectivity index is 2.28. The summed E-state index contributed by atoms with van der Waals surface area (Å²) >= 11 is 0. The fourth-order valence-corrected chi connectivity index (χ4v) is 1.23. The quantitative estimate of drug-likeness (QED) is 0.725. The third-order valence-corrected chi connectivity index (χ3v) is 2.03. The van der Waals surface area contributed by atoms with Gasteiger partial charge >= 0.3 is 0 Å². The van der Waals surface area contributed by atoms with Crippen molar-refractivity contribution in [1.29, 1.82) is 5.26 Å². The van der Waals surface area contributed by atoms with E-state index in [-0.39, 0.29) is 6.61 Å². The van der Waals surface area contributed by atoms with E-state index >= 15 is 0 Å². The summed E-state index contributed by atoms with van der Waals surface area (Å²) in [4.78, 5) is 0. The van der Waals surface area contributed by atoms with Gasteiger partial charge in [-0.3, -0.25) is 0 Å². The Kier molecular flexibility index (Phi) is 5.28. The van der Waals surface area contributed by atoms with Crippen LogP contribution in [-0.2, 0) is 6.61 Å². The van der Waals surface area contributed by atoms with Crippen LogP contribution in [0.5, 0.6) is 5.75 Å². The van der Waals surface area contributed by atoms with Crippen LogP contribution in [0.4, 0.5) is 0 Å². The molecule has 0 aliphatic carbocycles. The molecule has 0 aliphatic heterocycles. The number of ether oxygens (including phenoxy) is 1. The highest BCUT2D eigenvalue weighted by Crippen LogP contribution is 2.13. The second-order valence-electron chi connectivity index (χ2n) is 3.27. The van der Waals surface area contributed by atoms with Gasteiger partial charge in [-0.15, -0.1) is 0 Å². The molecule has 0 amide bonds. The van der Waals surface area contributed by atoms with Crippen molar-refractivity contribution >= 4 is 0 Å². The van der Waals surface area contributed by atoms with Gasteiger partial charge in [0.1, 0.15) is 5.75 Å². The molecule has 0 atom stereocenters. The molecule has 0 aromatic heterocycles. The summed E-state index contributed by atoms with van der Waals surface area (Å²) in [5.41, 5.74) is 0.851. The van der Waals surface area contributed by atoms with Crippen LogP contribution >= 0.6 is 0 Å². The van der Waals surface area contributed by atoms with Crippen molar-refractivity contribution in [3.63, 3.8) is 0 Å². The summed E-state index contributed by atoms with van der Waals surface area (Å²) < 4.78 is 5.47. The minimum Gasteiger partial charge on any atom is -0.494 e. The minimum absolute atomic E-state index is 0.0334. The van der Waals surface area contributed by atoms with Crippen LogP contribution in [0.1, 0.15) is 24.8 Å². The molecule has 0 aliphatic rings. The van der Waals surface area contributed by atoms with Gasteiger partial charge < -0.3 is 9.84 Å². The van der Waals surface area contributed by atoms with E-state index in [2.05, 4.69) is 6.07 Å². The third-order valence-electron chi connectivity index (χ3n) is 2.03. The maximum Gasteiger partial charge on any atom is 0.119 e. The number of nitrogens with zero attached hydrogens (tertiary/aromatic N) is 1. The highest BCUT2D eigenvalue weighted by Gasteiger charge is 1.95. The molecule has 1 aromatic rings. The molecule has 0 radical (unpaired) electrons. The average molecular weight is 205 g/mol. The fourth-order valence-electron chi connectivity index (χ4n) is 1.23. The number of hydrogen-bond acceptors (Lipinski definition) is 3. The Bertz CT molecular complexity index is 331. The van der Waals surface area contributed by atoms with Gasteiger partial charge in [-0.2, -0.15) is 5.26 Å². The molecule has 1 rings (SSSR count). The summed E-state index contributed by atoms with van der Waals surface area (Å²) in [7, 11) is 0. The molecule has 0 saturated heterocycles. The average Bonchev–Trinajstić information content (AvgIpc) is 2.29. The molecular formula is C12H15NO2. The molecule has 0 spiro atoms. The first-order chi connectivity index (χ1) is 7.36. The summed E-state index contributed by atoms with van der Waals surface area (Å²) in [5.74, 6) is 0.776. The van der Waals surface area contributed by atoms with Crippen molar-refractivity contribution in [2.24, 2.45) is 0 Å². The van der Waals surface area contributed by atoms with Crippen molar-refractivity contribution < 1.29 is 9.84 Å². The summed E-state index contributed by atoms with van der Waals surface area (Å²) in [6, 6.07) is 9.49. The van der Waals surface area contributed by atoms with E-state index in [4.69, 9.17) is 15.1 Å². The summed E-state index contributed by atoms with van der Waals surface area (Å²) in [6.45, 7) is 0.655. The minimum atomic E-state index is 0.0334. The zero-order valence-corrected chi connectivity index (χ0v) is 8.65. The van der Waals surface area contributed by atoms with Crippen LogP contribution in [0, 0.1) is 11.3 Å². The van der Waals surface area contributed by atoms with E-state index in [1.165, 1.54) is 0 Å². The highest BCUT2D eigenvalue weighted by molar-refractivity contribution is 5.27. The van der Waals surface area contributed by atoms with Crippen molar-refractivity contribution in [3.8, 4) is 11.8 Å². The lowest BCUT2D eigenvalue weighted by molar-refractivity contribution is 0.278. The smallest absolute Gasteiger partial charge is 0.119 e. The van der Waals surface area contributed by atoms with Gasteiger partial charge in [0.25, 0.3) is 0 Å². The summed E-state index contributed by atoms with van der Waals surface area (Å²) in [5, 5.41) is 17.2. The normalized spacial score (nSPS) is 9.60. The predicted molar refractivity (Wildman–Crippen MR) is 57.3 cm³/mol. The van der Waals surface area contributed by atoms with E-state index in [0.29, 0.717) is 13.0 Å². The van der Waals surface area contributed by atoms with Gasteiger partial charge in [-0.1, -0.05) is 12.1 Å². The first kappa shape index (κ1) is 11.5. The lowest BCUT2D eigenvalue weighted by Crippen LogP contribution is -1.97. The Morgan fingerprint density at radius 2 is 2.20 bits per heavy atom. The molecule has 1 aromatic carbocycles. The molecule has 1 N–H and O–H groups in total. The van der Waals surface area contributed by atoms with Crippen LogP contribution in [0.2, 0.25) is 0 Å². The Morgan fingerprint density at radius 3 is 2.93 bits per heavy atom. The van der Waals surface area contributed by atoms with E-state index in [9.17, 15) is 0 Å². The van der Waals surface area contributed by atoms with Crippen LogP contribution in [0.25, 0.3) is 0 Å². The first-order valence-corrected chi connectivity index (χ1v) is 5.06. The van der Waals surface area contributed by atoms with Gasteiger partial charge in [0, 0.05) is 6.42 Å². The van der Waals surface area contributed by atoms with Gasteiger partial charge in [0.05, 0.1) is 19.3 Å². The number of hydrogen-bond donors (Lipinski definition) is 1. The first-order valence-electron chi connectivity index (χ1n) is 5.06. The molecule has 80 valence electrons. The van der Waals surface area contributed by atoms with Crippen molar-refractivity contribution in [3.05, 3.63) is 29.8 Å². The predicted octanol–water partition coefficient (Wildman–Crippen LogP) is 2.25. The molecule has 3 nitrogen and oxygen atoms in total. The van der Waals surface area contributed by atoms with Crippen LogP contribution in [-0.4, -0.2) is 11.7 Å². The molecule has 0 fully saturated rings. The monoisotopic (exact) mass is 205 g/mol. The zero-order valence-electron chi connectivity index (χ0n) is 8.65. The highest BCUT2D eigenvalue weighted by atomic mass is 16.5. The van der Waals surface area contributed by atoms with Crippen LogP contribution in [0.3, 0.4) is 0 Å². The number of rotatable bonds is 6. The van der Waals surface area contributed by atoms with Gasteiger partial charge in [-0.25, -0.2) is 0 Å². The van der Waals surface area contributed by atoms with Crippen molar-refractivity contribution in [2.45, 2.75) is 25.9 Å². The standard InChI is InChI=1S/C12H15NO2/c13-7-2-1-3-8-15-12-6-4-5-11(9-12)10-14/h4-6,9,14H,1-3,8,10H2. The maximum absolute atomic E-state index is 8.91. The number of nitriles is 1. The lowest BCUT2D eigenvalue weighted by atomic mass is 10.2. The lowest BCUT2D eigenvalue weighted by Gasteiger charge is -2.06. The van der Waals surface area contributed by atoms with Crippen molar-refractivity contribution in [2.75, 3.05) is 6.61 Å². The van der Waals surface area contributed by atoms with Crippen LogP contribution < -0.4 is 4.74 Å². The van der Waals surface area contributed by atoms with E-state index < -0.39 is 0 Å². The van der Waals surface area contributed by atoms with E-state index in [1.54, 1.807) is 0 Å². The van der Waals surface area contributed by atoms with Crippen LogP contribution in [0.15, 0.2) is 24.3 Å².